The molecule has 0 aromatic carbocycles. The maximum atomic E-state index is 3.56. The van der Waals surface area contributed by atoms with Gasteiger partial charge in [-0.2, -0.15) is 11.8 Å². The van der Waals surface area contributed by atoms with Crippen LogP contribution < -0.4 is 5.32 Å². The first-order valence-corrected chi connectivity index (χ1v) is 8.65. The third-order valence-corrected chi connectivity index (χ3v) is 4.86. The van der Waals surface area contributed by atoms with Gasteiger partial charge in [-0.25, -0.2) is 0 Å². The lowest BCUT2D eigenvalue weighted by atomic mass is 10.1. The molecule has 0 aromatic rings. The Morgan fingerprint density at radius 2 is 2.00 bits per heavy atom. The highest BCUT2D eigenvalue weighted by molar-refractivity contribution is 8.00. The Kier molecular flexibility index (Phi) is 7.66. The predicted molar refractivity (Wildman–Crippen MR) is 84.6 cm³/mol. The van der Waals surface area contributed by atoms with E-state index in [9.17, 15) is 0 Å². The molecule has 3 heteroatoms. The van der Waals surface area contributed by atoms with Crippen LogP contribution in [-0.2, 0) is 0 Å². The van der Waals surface area contributed by atoms with Gasteiger partial charge >= 0.3 is 0 Å². The zero-order chi connectivity index (χ0) is 13.4. The van der Waals surface area contributed by atoms with E-state index in [1.807, 2.05) is 0 Å². The average molecular weight is 273 g/mol. The molecule has 0 bridgehead atoms. The number of hydrogen-bond donors (Lipinski definition) is 1. The minimum Gasteiger partial charge on any atom is -0.312 e. The van der Waals surface area contributed by atoms with Crippen LogP contribution in [0.1, 0.15) is 53.4 Å². The molecule has 1 aliphatic rings. The molecular weight excluding hydrogens is 240 g/mol. The highest BCUT2D eigenvalue weighted by Gasteiger charge is 2.17. The molecule has 1 unspecified atom stereocenters. The molecule has 1 N–H and O–H groups in total. The van der Waals surface area contributed by atoms with Crippen molar-refractivity contribution in [1.29, 1.82) is 0 Å². The molecule has 0 aliphatic carbocycles. The van der Waals surface area contributed by atoms with Gasteiger partial charge in [0.05, 0.1) is 0 Å². The van der Waals surface area contributed by atoms with Crippen LogP contribution in [-0.4, -0.2) is 47.6 Å². The van der Waals surface area contributed by atoms with E-state index in [1.165, 1.54) is 51.1 Å². The number of nitrogens with zero attached hydrogens (tertiary/aromatic N) is 1. The largest absolute Gasteiger partial charge is 0.312 e. The Morgan fingerprint density at radius 3 is 2.67 bits per heavy atom. The van der Waals surface area contributed by atoms with Gasteiger partial charge in [-0.1, -0.05) is 13.3 Å². The Hall–Kier alpha value is 0.270. The molecule has 1 aliphatic heterocycles. The Labute approximate surface area is 118 Å². The molecular formula is C15H32N2S. The fourth-order valence-corrected chi connectivity index (χ4v) is 3.58. The zero-order valence-electron chi connectivity index (χ0n) is 12.8. The number of thioether (sulfide) groups is 1. The lowest BCUT2D eigenvalue weighted by molar-refractivity contribution is 0.273. The van der Waals surface area contributed by atoms with E-state index >= 15 is 0 Å². The summed E-state index contributed by atoms with van der Waals surface area (Å²) in [5.74, 6) is 1.34. The van der Waals surface area contributed by atoms with Gasteiger partial charge in [-0.15, -0.1) is 0 Å². The monoisotopic (exact) mass is 272 g/mol. The van der Waals surface area contributed by atoms with Crippen molar-refractivity contribution in [1.82, 2.24) is 10.2 Å². The smallest absolute Gasteiger partial charge is 0.0172 e. The van der Waals surface area contributed by atoms with Crippen LogP contribution in [0.25, 0.3) is 0 Å². The van der Waals surface area contributed by atoms with Crippen molar-refractivity contribution in [3.8, 4) is 0 Å². The molecule has 18 heavy (non-hydrogen) atoms. The van der Waals surface area contributed by atoms with Crippen LogP contribution in [0.2, 0.25) is 0 Å². The lowest BCUT2D eigenvalue weighted by Crippen LogP contribution is -2.38. The Morgan fingerprint density at radius 1 is 1.22 bits per heavy atom. The Bertz CT molecular complexity index is 213. The van der Waals surface area contributed by atoms with E-state index in [0.29, 0.717) is 0 Å². The summed E-state index contributed by atoms with van der Waals surface area (Å²) in [5.41, 5.74) is 0.276. The van der Waals surface area contributed by atoms with Crippen molar-refractivity contribution < 1.29 is 0 Å². The molecule has 2 nitrogen and oxygen atoms in total. The summed E-state index contributed by atoms with van der Waals surface area (Å²) in [4.78, 5) is 2.67. The SMILES string of the molecule is CCC1CN(CCCCCNC(C)(C)C)CCS1. The highest BCUT2D eigenvalue weighted by Crippen LogP contribution is 2.21. The molecule has 1 saturated heterocycles. The van der Waals surface area contributed by atoms with Gasteiger partial charge < -0.3 is 10.2 Å². The van der Waals surface area contributed by atoms with E-state index < -0.39 is 0 Å². The molecule has 0 radical (unpaired) electrons. The van der Waals surface area contributed by atoms with Crippen molar-refractivity contribution in [3.05, 3.63) is 0 Å². The molecule has 1 atom stereocenters. The first-order chi connectivity index (χ1) is 8.51. The molecule has 0 spiro atoms. The molecule has 108 valence electrons. The topological polar surface area (TPSA) is 15.3 Å². The fraction of sp³-hybridized carbons (Fsp3) is 1.00. The number of nitrogens with one attached hydrogen (secondary N) is 1. The van der Waals surface area contributed by atoms with E-state index in [1.54, 1.807) is 0 Å². The van der Waals surface area contributed by atoms with E-state index in [4.69, 9.17) is 0 Å². The summed E-state index contributed by atoms with van der Waals surface area (Å²) in [6, 6.07) is 0. The number of rotatable bonds is 7. The third kappa shape index (κ3) is 7.65. The number of hydrogen-bond acceptors (Lipinski definition) is 3. The molecule has 1 fully saturated rings. The van der Waals surface area contributed by atoms with Crippen LogP contribution in [0.4, 0.5) is 0 Å². The molecule has 0 saturated carbocycles. The van der Waals surface area contributed by atoms with Crippen LogP contribution in [0, 0.1) is 0 Å². The zero-order valence-corrected chi connectivity index (χ0v) is 13.6. The molecule has 1 rings (SSSR count). The summed E-state index contributed by atoms with van der Waals surface area (Å²) in [7, 11) is 0. The summed E-state index contributed by atoms with van der Waals surface area (Å²) in [5, 5.41) is 4.45. The average Bonchev–Trinajstić information content (AvgIpc) is 2.32. The van der Waals surface area contributed by atoms with Gasteiger partial charge in [0.1, 0.15) is 0 Å². The van der Waals surface area contributed by atoms with Gasteiger partial charge in [0.2, 0.25) is 0 Å². The summed E-state index contributed by atoms with van der Waals surface area (Å²) < 4.78 is 0. The van der Waals surface area contributed by atoms with Crippen molar-refractivity contribution in [3.63, 3.8) is 0 Å². The standard InChI is InChI=1S/C15H32N2S/c1-5-14-13-17(11-12-18-14)10-8-6-7-9-16-15(2,3)4/h14,16H,5-13H2,1-4H3. The van der Waals surface area contributed by atoms with Crippen molar-refractivity contribution >= 4 is 11.8 Å². The Balaban J connectivity index is 1.97. The second kappa shape index (κ2) is 8.44. The quantitative estimate of drug-likeness (QED) is 0.715. The molecule has 1 heterocycles. The predicted octanol–water partition coefficient (Wildman–Crippen LogP) is 3.37. The maximum absolute atomic E-state index is 3.56. The summed E-state index contributed by atoms with van der Waals surface area (Å²) in [6.07, 6.45) is 5.38. The molecule has 0 aromatic heterocycles. The summed E-state index contributed by atoms with van der Waals surface area (Å²) in [6.45, 7) is 14.1. The van der Waals surface area contributed by atoms with Crippen molar-refractivity contribution in [2.45, 2.75) is 64.2 Å². The first kappa shape index (κ1) is 16.3. The fourth-order valence-electron chi connectivity index (χ4n) is 2.33. The molecule has 0 amide bonds. The van der Waals surface area contributed by atoms with Gasteiger partial charge in [0.15, 0.2) is 0 Å². The first-order valence-electron chi connectivity index (χ1n) is 7.60. The van der Waals surface area contributed by atoms with Crippen LogP contribution in [0.15, 0.2) is 0 Å². The van der Waals surface area contributed by atoms with Gasteiger partial charge in [-0.3, -0.25) is 0 Å². The van der Waals surface area contributed by atoms with E-state index in [0.717, 1.165) is 11.8 Å². The van der Waals surface area contributed by atoms with Gasteiger partial charge in [-0.05, 0) is 53.1 Å². The van der Waals surface area contributed by atoms with Gasteiger partial charge in [0, 0.05) is 29.6 Å². The van der Waals surface area contributed by atoms with Crippen LogP contribution in [0.3, 0.4) is 0 Å². The highest BCUT2D eigenvalue weighted by atomic mass is 32.2. The normalized spacial score (nSPS) is 22.3. The van der Waals surface area contributed by atoms with Crippen LogP contribution in [0.5, 0.6) is 0 Å². The number of unbranched alkanes of at least 4 members (excludes halogenated alkanes) is 2. The van der Waals surface area contributed by atoms with Gasteiger partial charge in [0.25, 0.3) is 0 Å². The lowest BCUT2D eigenvalue weighted by Gasteiger charge is -2.31. The van der Waals surface area contributed by atoms with E-state index in [-0.39, 0.29) is 5.54 Å². The third-order valence-electron chi connectivity index (χ3n) is 3.48. The second-order valence-electron chi connectivity index (χ2n) is 6.44. The minimum absolute atomic E-state index is 0.276. The van der Waals surface area contributed by atoms with Crippen molar-refractivity contribution in [2.24, 2.45) is 0 Å². The van der Waals surface area contributed by atoms with Crippen molar-refractivity contribution in [2.75, 3.05) is 31.9 Å². The van der Waals surface area contributed by atoms with E-state index in [2.05, 4.69) is 49.7 Å². The minimum atomic E-state index is 0.276. The van der Waals surface area contributed by atoms with Crippen LogP contribution >= 0.6 is 11.8 Å². The summed E-state index contributed by atoms with van der Waals surface area (Å²) >= 11 is 2.17. The maximum Gasteiger partial charge on any atom is 0.0172 e. The second-order valence-corrected chi connectivity index (χ2v) is 7.85.